The normalized spacial score (nSPS) is 22.1. The summed E-state index contributed by atoms with van der Waals surface area (Å²) < 4.78 is 0. The third-order valence-corrected chi connectivity index (χ3v) is 4.15. The summed E-state index contributed by atoms with van der Waals surface area (Å²) in [6.45, 7) is 5.78. The zero-order valence-electron chi connectivity index (χ0n) is 11.9. The van der Waals surface area contributed by atoms with E-state index in [0.29, 0.717) is 12.3 Å². The molecule has 1 saturated heterocycles. The maximum atomic E-state index is 12.5. The Morgan fingerprint density at radius 1 is 1.45 bits per heavy atom. The smallest absolute Gasteiger partial charge is 0.327 e. The molecule has 2 unspecified atom stereocenters. The summed E-state index contributed by atoms with van der Waals surface area (Å²) in [6, 6.07) is -1.30. The molecule has 1 fully saturated rings. The number of primary amides is 1. The number of thioether (sulfide) groups is 1. The molecule has 1 aliphatic rings. The fraction of sp³-hybridized carbons (Fsp3) is 0.750. The lowest BCUT2D eigenvalue weighted by Gasteiger charge is -2.32. The third-order valence-electron chi connectivity index (χ3n) is 2.93. The van der Waals surface area contributed by atoms with Crippen LogP contribution in [0.5, 0.6) is 0 Å². The topological polar surface area (TPSA) is 104 Å². The number of hydrogen-bond acceptors (Lipinski definition) is 4. The number of carboxylic acids is 1. The van der Waals surface area contributed by atoms with E-state index in [2.05, 4.69) is 0 Å². The average molecular weight is 303 g/mol. The number of hydrogen-bond donors (Lipinski definition) is 2. The molecule has 0 saturated carbocycles. The van der Waals surface area contributed by atoms with E-state index in [1.54, 1.807) is 6.92 Å². The molecule has 0 aliphatic carbocycles. The predicted octanol–water partition coefficient (Wildman–Crippen LogP) is 0.398. The first-order valence-corrected chi connectivity index (χ1v) is 7.48. The first-order valence-electron chi connectivity index (χ1n) is 6.44. The van der Waals surface area contributed by atoms with Crippen molar-refractivity contribution in [1.82, 2.24) is 9.80 Å². The Morgan fingerprint density at radius 3 is 2.50 bits per heavy atom. The number of nitrogens with zero attached hydrogens (tertiary/aromatic N) is 2. The molecule has 114 valence electrons. The molecular weight excluding hydrogens is 282 g/mol. The first kappa shape index (κ1) is 16.6. The molecule has 0 aromatic rings. The fourth-order valence-corrected chi connectivity index (χ4v) is 3.29. The SMILES string of the molecule is CC(C)CN(CC(N)=O)C(=O)N1C(C)SCC1C(=O)O. The second kappa shape index (κ2) is 6.83. The largest absolute Gasteiger partial charge is 0.480 e. The zero-order valence-corrected chi connectivity index (χ0v) is 12.7. The molecule has 0 spiro atoms. The van der Waals surface area contributed by atoms with Gasteiger partial charge in [-0.05, 0) is 12.8 Å². The summed E-state index contributed by atoms with van der Waals surface area (Å²) in [5, 5.41) is 8.95. The van der Waals surface area contributed by atoms with E-state index in [0.717, 1.165) is 0 Å². The average Bonchev–Trinajstić information content (AvgIpc) is 2.68. The molecule has 0 aromatic heterocycles. The van der Waals surface area contributed by atoms with Crippen LogP contribution in [-0.2, 0) is 9.59 Å². The Bertz CT molecular complexity index is 402. The van der Waals surface area contributed by atoms with Gasteiger partial charge >= 0.3 is 12.0 Å². The summed E-state index contributed by atoms with van der Waals surface area (Å²) in [4.78, 5) is 37.5. The third kappa shape index (κ3) is 4.03. The number of nitrogens with two attached hydrogens (primary N) is 1. The fourth-order valence-electron chi connectivity index (χ4n) is 2.13. The second-order valence-electron chi connectivity index (χ2n) is 5.22. The van der Waals surface area contributed by atoms with Crippen molar-refractivity contribution in [3.8, 4) is 0 Å². The van der Waals surface area contributed by atoms with Crippen LogP contribution in [0.25, 0.3) is 0 Å². The molecule has 8 heteroatoms. The molecule has 7 nitrogen and oxygen atoms in total. The van der Waals surface area contributed by atoms with Crippen molar-refractivity contribution in [2.45, 2.75) is 32.2 Å². The Morgan fingerprint density at radius 2 is 2.05 bits per heavy atom. The van der Waals surface area contributed by atoms with Gasteiger partial charge in [-0.2, -0.15) is 0 Å². The molecule has 3 N–H and O–H groups in total. The Hall–Kier alpha value is -1.44. The highest BCUT2D eigenvalue weighted by Crippen LogP contribution is 2.30. The quantitative estimate of drug-likeness (QED) is 0.765. The minimum absolute atomic E-state index is 0.159. The van der Waals surface area contributed by atoms with Crippen LogP contribution in [0, 0.1) is 5.92 Å². The Kier molecular flexibility index (Phi) is 5.67. The van der Waals surface area contributed by atoms with Gasteiger partial charge in [0.05, 0.1) is 5.37 Å². The van der Waals surface area contributed by atoms with Gasteiger partial charge in [-0.1, -0.05) is 13.8 Å². The molecule has 1 aliphatic heterocycles. The van der Waals surface area contributed by atoms with Crippen molar-refractivity contribution in [2.24, 2.45) is 11.7 Å². The molecule has 1 heterocycles. The van der Waals surface area contributed by atoms with Crippen LogP contribution in [0.1, 0.15) is 20.8 Å². The van der Waals surface area contributed by atoms with E-state index in [-0.39, 0.29) is 17.8 Å². The predicted molar refractivity (Wildman–Crippen MR) is 76.2 cm³/mol. The van der Waals surface area contributed by atoms with Crippen LogP contribution < -0.4 is 5.73 Å². The first-order chi connectivity index (χ1) is 9.23. The van der Waals surface area contributed by atoms with Gasteiger partial charge in [0.1, 0.15) is 12.6 Å². The maximum absolute atomic E-state index is 12.5. The van der Waals surface area contributed by atoms with E-state index < -0.39 is 23.9 Å². The number of aliphatic carboxylic acids is 1. The van der Waals surface area contributed by atoms with Crippen molar-refractivity contribution in [3.05, 3.63) is 0 Å². The summed E-state index contributed by atoms with van der Waals surface area (Å²) in [5.41, 5.74) is 5.16. The van der Waals surface area contributed by atoms with Gasteiger partial charge in [0.15, 0.2) is 0 Å². The Balaban J connectivity index is 2.91. The van der Waals surface area contributed by atoms with Gasteiger partial charge in [0, 0.05) is 12.3 Å². The number of carbonyl (C=O) groups excluding carboxylic acids is 2. The second-order valence-corrected chi connectivity index (χ2v) is 6.57. The summed E-state index contributed by atoms with van der Waals surface area (Å²) >= 11 is 1.41. The molecule has 3 amide bonds. The minimum Gasteiger partial charge on any atom is -0.480 e. The van der Waals surface area contributed by atoms with E-state index in [1.165, 1.54) is 21.6 Å². The van der Waals surface area contributed by atoms with Crippen molar-refractivity contribution < 1.29 is 19.5 Å². The van der Waals surface area contributed by atoms with Crippen LogP contribution in [0.15, 0.2) is 0 Å². The lowest BCUT2D eigenvalue weighted by atomic mass is 10.2. The zero-order chi connectivity index (χ0) is 15.4. The number of amides is 3. The molecule has 0 aromatic carbocycles. The van der Waals surface area contributed by atoms with Gasteiger partial charge in [0.2, 0.25) is 5.91 Å². The summed E-state index contributed by atoms with van der Waals surface area (Å²) in [5.74, 6) is -1.12. The van der Waals surface area contributed by atoms with Crippen LogP contribution in [0.2, 0.25) is 0 Å². The summed E-state index contributed by atoms with van der Waals surface area (Å²) in [6.07, 6.45) is 0. The van der Waals surface area contributed by atoms with E-state index in [9.17, 15) is 19.5 Å². The minimum atomic E-state index is -1.03. The highest BCUT2D eigenvalue weighted by Gasteiger charge is 2.41. The van der Waals surface area contributed by atoms with Crippen LogP contribution >= 0.6 is 11.8 Å². The monoisotopic (exact) mass is 303 g/mol. The molecule has 0 bridgehead atoms. The lowest BCUT2D eigenvalue weighted by molar-refractivity contribution is -0.141. The van der Waals surface area contributed by atoms with Gasteiger partial charge in [-0.25, -0.2) is 9.59 Å². The van der Waals surface area contributed by atoms with E-state index >= 15 is 0 Å². The van der Waals surface area contributed by atoms with E-state index in [1.807, 2.05) is 13.8 Å². The van der Waals surface area contributed by atoms with Gasteiger partial charge in [-0.3, -0.25) is 9.69 Å². The van der Waals surface area contributed by atoms with Crippen molar-refractivity contribution >= 4 is 29.7 Å². The van der Waals surface area contributed by atoms with Crippen LogP contribution in [0.3, 0.4) is 0 Å². The number of urea groups is 1. The van der Waals surface area contributed by atoms with E-state index in [4.69, 9.17) is 5.73 Å². The number of rotatable bonds is 5. The molecule has 1 rings (SSSR count). The molecule has 0 radical (unpaired) electrons. The Labute approximate surface area is 122 Å². The van der Waals surface area contributed by atoms with Crippen LogP contribution in [-0.4, -0.2) is 63.1 Å². The summed E-state index contributed by atoms with van der Waals surface area (Å²) in [7, 11) is 0. The highest BCUT2D eigenvalue weighted by atomic mass is 32.2. The van der Waals surface area contributed by atoms with Crippen LogP contribution in [0.4, 0.5) is 4.79 Å². The highest BCUT2D eigenvalue weighted by molar-refractivity contribution is 8.00. The van der Waals surface area contributed by atoms with Gasteiger partial charge < -0.3 is 15.7 Å². The number of carboxylic acid groups (broad SMARTS) is 1. The van der Waals surface area contributed by atoms with Gasteiger partial charge in [0.25, 0.3) is 0 Å². The lowest BCUT2D eigenvalue weighted by Crippen LogP contribution is -2.53. The molecule has 2 atom stereocenters. The van der Waals surface area contributed by atoms with Crippen molar-refractivity contribution in [2.75, 3.05) is 18.8 Å². The molecule has 20 heavy (non-hydrogen) atoms. The van der Waals surface area contributed by atoms with Crippen molar-refractivity contribution in [3.63, 3.8) is 0 Å². The standard InChI is InChI=1S/C12H21N3O4S/c1-7(2)4-14(5-10(13)16)12(19)15-8(3)20-6-9(15)11(17)18/h7-9H,4-6H2,1-3H3,(H2,13,16)(H,17,18). The molecular formula is C12H21N3O4S. The van der Waals surface area contributed by atoms with Crippen molar-refractivity contribution in [1.29, 1.82) is 0 Å². The maximum Gasteiger partial charge on any atom is 0.327 e. The number of carbonyl (C=O) groups is 3. The van der Waals surface area contributed by atoms with Gasteiger partial charge in [-0.15, -0.1) is 11.8 Å².